The van der Waals surface area contributed by atoms with Gasteiger partial charge in [-0.3, -0.25) is 15.1 Å². The standard InChI is InChI=1S/C15H17N3O3/c1-11-4-3-5-13(17-11)10-16-9-12-6-14(18(19)20)8-15(7-12)21-2/h3-8,16H,9-10H2,1-2H3. The van der Waals surface area contributed by atoms with Gasteiger partial charge in [0, 0.05) is 24.8 Å². The topological polar surface area (TPSA) is 77.3 Å². The van der Waals surface area contributed by atoms with Crippen LogP contribution in [-0.4, -0.2) is 17.0 Å². The summed E-state index contributed by atoms with van der Waals surface area (Å²) in [6.07, 6.45) is 0. The lowest BCUT2D eigenvalue weighted by Gasteiger charge is -2.07. The highest BCUT2D eigenvalue weighted by Crippen LogP contribution is 2.22. The van der Waals surface area contributed by atoms with E-state index < -0.39 is 4.92 Å². The third kappa shape index (κ3) is 4.25. The van der Waals surface area contributed by atoms with Gasteiger partial charge in [0.2, 0.25) is 0 Å². The molecule has 0 aliphatic heterocycles. The van der Waals surface area contributed by atoms with Crippen LogP contribution in [0.4, 0.5) is 5.69 Å². The first kappa shape index (κ1) is 14.9. The Labute approximate surface area is 122 Å². The lowest BCUT2D eigenvalue weighted by molar-refractivity contribution is -0.385. The Morgan fingerprint density at radius 1 is 1.29 bits per heavy atom. The number of hydrogen-bond acceptors (Lipinski definition) is 5. The third-order valence-corrected chi connectivity index (χ3v) is 2.98. The second-order valence-electron chi connectivity index (χ2n) is 4.67. The van der Waals surface area contributed by atoms with E-state index in [-0.39, 0.29) is 5.69 Å². The van der Waals surface area contributed by atoms with Gasteiger partial charge in [-0.15, -0.1) is 0 Å². The molecule has 1 heterocycles. The maximum atomic E-state index is 10.9. The molecular weight excluding hydrogens is 270 g/mol. The van der Waals surface area contributed by atoms with Gasteiger partial charge in [0.1, 0.15) is 5.75 Å². The summed E-state index contributed by atoms with van der Waals surface area (Å²) in [6.45, 7) is 3.05. The quantitative estimate of drug-likeness (QED) is 0.652. The minimum Gasteiger partial charge on any atom is -0.496 e. The van der Waals surface area contributed by atoms with Crippen LogP contribution < -0.4 is 10.1 Å². The molecule has 0 unspecified atom stereocenters. The van der Waals surface area contributed by atoms with Crippen LogP contribution in [0.5, 0.6) is 5.75 Å². The molecule has 21 heavy (non-hydrogen) atoms. The molecule has 2 rings (SSSR count). The number of nitro groups is 1. The number of nitrogens with one attached hydrogen (secondary N) is 1. The number of rotatable bonds is 6. The van der Waals surface area contributed by atoms with Gasteiger partial charge < -0.3 is 10.1 Å². The van der Waals surface area contributed by atoms with Crippen molar-refractivity contribution in [1.29, 1.82) is 0 Å². The Balaban J connectivity index is 2.02. The van der Waals surface area contributed by atoms with Crippen molar-refractivity contribution in [2.24, 2.45) is 0 Å². The van der Waals surface area contributed by atoms with Gasteiger partial charge in [-0.2, -0.15) is 0 Å². The minimum absolute atomic E-state index is 0.0276. The number of benzene rings is 1. The molecule has 6 heteroatoms. The van der Waals surface area contributed by atoms with Crippen LogP contribution in [0, 0.1) is 17.0 Å². The van der Waals surface area contributed by atoms with Crippen molar-refractivity contribution < 1.29 is 9.66 Å². The van der Waals surface area contributed by atoms with Crippen molar-refractivity contribution >= 4 is 5.69 Å². The van der Waals surface area contributed by atoms with Crippen molar-refractivity contribution in [2.75, 3.05) is 7.11 Å². The zero-order valence-corrected chi connectivity index (χ0v) is 12.0. The summed E-state index contributed by atoms with van der Waals surface area (Å²) < 4.78 is 5.08. The van der Waals surface area contributed by atoms with Crippen molar-refractivity contribution in [2.45, 2.75) is 20.0 Å². The third-order valence-electron chi connectivity index (χ3n) is 2.98. The van der Waals surface area contributed by atoms with E-state index in [2.05, 4.69) is 10.3 Å². The Morgan fingerprint density at radius 3 is 2.76 bits per heavy atom. The van der Waals surface area contributed by atoms with E-state index in [4.69, 9.17) is 4.74 Å². The maximum Gasteiger partial charge on any atom is 0.273 e. The first-order chi connectivity index (χ1) is 10.1. The number of aromatic nitrogens is 1. The van der Waals surface area contributed by atoms with Crippen LogP contribution >= 0.6 is 0 Å². The summed E-state index contributed by atoms with van der Waals surface area (Å²) >= 11 is 0. The van der Waals surface area contributed by atoms with E-state index in [1.54, 1.807) is 12.1 Å². The van der Waals surface area contributed by atoms with Gasteiger partial charge in [0.25, 0.3) is 5.69 Å². The summed E-state index contributed by atoms with van der Waals surface area (Å²) in [4.78, 5) is 14.8. The summed E-state index contributed by atoms with van der Waals surface area (Å²) in [5.41, 5.74) is 2.73. The minimum atomic E-state index is -0.422. The van der Waals surface area contributed by atoms with Crippen LogP contribution in [0.3, 0.4) is 0 Å². The SMILES string of the molecule is COc1cc(CNCc2cccc(C)n2)cc([N+](=O)[O-])c1. The highest BCUT2D eigenvalue weighted by Gasteiger charge is 2.10. The largest absolute Gasteiger partial charge is 0.496 e. The summed E-state index contributed by atoms with van der Waals surface area (Å²) in [7, 11) is 1.49. The number of methoxy groups -OCH3 is 1. The fraction of sp³-hybridized carbons (Fsp3) is 0.267. The zero-order chi connectivity index (χ0) is 15.2. The molecule has 0 saturated carbocycles. The second-order valence-corrected chi connectivity index (χ2v) is 4.67. The molecule has 0 aliphatic carbocycles. The first-order valence-corrected chi connectivity index (χ1v) is 6.54. The van der Waals surface area contributed by atoms with E-state index in [9.17, 15) is 10.1 Å². The summed E-state index contributed by atoms with van der Waals surface area (Å²) in [5, 5.41) is 14.1. The Kier molecular flexibility index (Phi) is 4.84. The predicted octanol–water partition coefficient (Wildman–Crippen LogP) is 2.60. The lowest BCUT2D eigenvalue weighted by atomic mass is 10.2. The van der Waals surface area contributed by atoms with Crippen molar-refractivity contribution in [1.82, 2.24) is 10.3 Å². The Bertz CT molecular complexity index is 644. The molecule has 0 spiro atoms. The smallest absolute Gasteiger partial charge is 0.273 e. The molecule has 110 valence electrons. The summed E-state index contributed by atoms with van der Waals surface area (Å²) in [5.74, 6) is 0.481. The Hall–Kier alpha value is -2.47. The fourth-order valence-corrected chi connectivity index (χ4v) is 2.00. The van der Waals surface area contributed by atoms with E-state index in [0.717, 1.165) is 17.0 Å². The number of non-ortho nitro benzene ring substituents is 1. The van der Waals surface area contributed by atoms with Gasteiger partial charge in [-0.25, -0.2) is 0 Å². The monoisotopic (exact) mass is 287 g/mol. The molecule has 0 amide bonds. The van der Waals surface area contributed by atoms with E-state index in [0.29, 0.717) is 18.8 Å². The number of nitro benzene ring substituents is 1. The van der Waals surface area contributed by atoms with Crippen molar-refractivity contribution in [3.8, 4) is 5.75 Å². The summed E-state index contributed by atoms with van der Waals surface area (Å²) in [6, 6.07) is 10.6. The number of ether oxygens (including phenoxy) is 1. The number of nitrogens with zero attached hydrogens (tertiary/aromatic N) is 2. The van der Waals surface area contributed by atoms with Crippen LogP contribution in [0.2, 0.25) is 0 Å². The molecule has 6 nitrogen and oxygen atoms in total. The number of aryl methyl sites for hydroxylation is 1. The van der Waals surface area contributed by atoms with Crippen LogP contribution in [0.25, 0.3) is 0 Å². The molecule has 2 aromatic rings. The van der Waals surface area contributed by atoms with E-state index >= 15 is 0 Å². The van der Waals surface area contributed by atoms with Crippen molar-refractivity contribution in [3.63, 3.8) is 0 Å². The van der Waals surface area contributed by atoms with Gasteiger partial charge >= 0.3 is 0 Å². The lowest BCUT2D eigenvalue weighted by Crippen LogP contribution is -2.14. The molecule has 1 N–H and O–H groups in total. The zero-order valence-electron chi connectivity index (χ0n) is 12.0. The second kappa shape index (κ2) is 6.81. The average molecular weight is 287 g/mol. The predicted molar refractivity (Wildman–Crippen MR) is 79.2 cm³/mol. The molecule has 1 aromatic heterocycles. The molecule has 0 aliphatic rings. The van der Waals surface area contributed by atoms with Crippen LogP contribution in [0.1, 0.15) is 17.0 Å². The van der Waals surface area contributed by atoms with Gasteiger partial charge in [-0.05, 0) is 30.7 Å². The molecule has 0 saturated heterocycles. The number of pyridine rings is 1. The highest BCUT2D eigenvalue weighted by molar-refractivity contribution is 5.42. The van der Waals surface area contributed by atoms with E-state index in [1.165, 1.54) is 13.2 Å². The average Bonchev–Trinajstić information content (AvgIpc) is 2.47. The first-order valence-electron chi connectivity index (χ1n) is 6.54. The molecule has 1 aromatic carbocycles. The molecule has 0 atom stereocenters. The van der Waals surface area contributed by atoms with Gasteiger partial charge in [0.05, 0.1) is 23.8 Å². The molecule has 0 bridgehead atoms. The normalized spacial score (nSPS) is 10.4. The van der Waals surface area contributed by atoms with Crippen LogP contribution in [0.15, 0.2) is 36.4 Å². The van der Waals surface area contributed by atoms with Crippen molar-refractivity contribution in [3.05, 3.63) is 63.5 Å². The van der Waals surface area contributed by atoms with Gasteiger partial charge in [0.15, 0.2) is 0 Å². The van der Waals surface area contributed by atoms with Gasteiger partial charge in [-0.1, -0.05) is 6.07 Å². The fourth-order valence-electron chi connectivity index (χ4n) is 2.00. The highest BCUT2D eigenvalue weighted by atomic mass is 16.6. The number of hydrogen-bond donors (Lipinski definition) is 1. The Morgan fingerprint density at radius 2 is 2.10 bits per heavy atom. The maximum absolute atomic E-state index is 10.9. The van der Waals surface area contributed by atoms with E-state index in [1.807, 2.05) is 25.1 Å². The van der Waals surface area contributed by atoms with Crippen LogP contribution in [-0.2, 0) is 13.1 Å². The molecule has 0 fully saturated rings. The molecular formula is C15H17N3O3. The molecule has 0 radical (unpaired) electrons.